The number of methoxy groups -OCH3 is 2. The molecule has 1 amide bonds. The highest BCUT2D eigenvalue weighted by Crippen LogP contribution is 2.32. The summed E-state index contributed by atoms with van der Waals surface area (Å²) in [5.74, 6) is 0.991. The molecule has 4 aromatic rings. The summed E-state index contributed by atoms with van der Waals surface area (Å²) in [6.07, 6.45) is 1.70. The average Bonchev–Trinajstić information content (AvgIpc) is 3.37. The van der Waals surface area contributed by atoms with Gasteiger partial charge in [-0.2, -0.15) is 5.10 Å². The van der Waals surface area contributed by atoms with Crippen LogP contribution < -0.4 is 19.7 Å². The summed E-state index contributed by atoms with van der Waals surface area (Å²) in [6, 6.07) is 17.4. The Hall–Kier alpha value is -4.11. The third-order valence-corrected chi connectivity index (χ3v) is 6.04. The molecule has 0 saturated carbocycles. The largest absolute Gasteiger partial charge is 0.493 e. The van der Waals surface area contributed by atoms with E-state index in [1.54, 1.807) is 31.0 Å². The zero-order valence-corrected chi connectivity index (χ0v) is 19.7. The second kappa shape index (κ2) is 10.0. The van der Waals surface area contributed by atoms with E-state index in [1.165, 1.54) is 0 Å². The van der Waals surface area contributed by atoms with Crippen LogP contribution in [0.15, 0.2) is 60.8 Å². The maximum Gasteiger partial charge on any atom is 0.272 e. The summed E-state index contributed by atoms with van der Waals surface area (Å²) < 4.78 is 17.8. The van der Waals surface area contributed by atoms with Gasteiger partial charge in [0.05, 0.1) is 33.1 Å². The van der Waals surface area contributed by atoms with Crippen molar-refractivity contribution in [2.24, 2.45) is 0 Å². The minimum absolute atomic E-state index is 0.258. The van der Waals surface area contributed by atoms with Crippen LogP contribution in [-0.4, -0.2) is 61.0 Å². The van der Waals surface area contributed by atoms with Crippen LogP contribution in [0, 0.1) is 0 Å². The van der Waals surface area contributed by atoms with E-state index in [0.717, 1.165) is 48.8 Å². The van der Waals surface area contributed by atoms with E-state index < -0.39 is 0 Å². The molecular weight excluding hydrogens is 446 g/mol. The fourth-order valence-electron chi connectivity index (χ4n) is 4.14. The van der Waals surface area contributed by atoms with Gasteiger partial charge in [0.1, 0.15) is 0 Å². The van der Waals surface area contributed by atoms with Crippen molar-refractivity contribution in [3.8, 4) is 22.8 Å². The number of rotatable bonds is 7. The number of aromatic nitrogens is 3. The maximum absolute atomic E-state index is 12.9. The monoisotopic (exact) mass is 473 g/mol. The number of fused-ring (bicyclic) bond motifs is 1. The molecule has 0 unspecified atom stereocenters. The smallest absolute Gasteiger partial charge is 0.272 e. The Kier molecular flexibility index (Phi) is 6.49. The fraction of sp³-hybridized carbons (Fsp3) is 0.269. The normalized spacial score (nSPS) is 13.6. The van der Waals surface area contributed by atoms with E-state index in [9.17, 15) is 4.79 Å². The number of benzene rings is 2. The van der Waals surface area contributed by atoms with E-state index >= 15 is 0 Å². The zero-order valence-electron chi connectivity index (χ0n) is 19.7. The molecule has 0 spiro atoms. The van der Waals surface area contributed by atoms with Crippen molar-refractivity contribution in [1.82, 2.24) is 19.9 Å². The number of carbonyl (C=O) groups excluding carboxylic acids is 1. The predicted octanol–water partition coefficient (Wildman–Crippen LogP) is 3.18. The minimum atomic E-state index is -0.258. The lowest BCUT2D eigenvalue weighted by Gasteiger charge is -2.28. The highest BCUT2D eigenvalue weighted by Gasteiger charge is 2.16. The number of morpholine rings is 1. The number of hydrogen-bond acceptors (Lipinski definition) is 7. The van der Waals surface area contributed by atoms with Gasteiger partial charge in [-0.1, -0.05) is 12.1 Å². The Balaban J connectivity index is 1.31. The first-order valence-corrected chi connectivity index (χ1v) is 11.4. The lowest BCUT2D eigenvalue weighted by Crippen LogP contribution is -2.36. The Labute approximate surface area is 203 Å². The van der Waals surface area contributed by atoms with Gasteiger partial charge >= 0.3 is 0 Å². The Bertz CT molecular complexity index is 1330. The number of amides is 1. The minimum Gasteiger partial charge on any atom is -0.493 e. The number of ether oxygens (including phenoxy) is 3. The Morgan fingerprint density at radius 2 is 1.77 bits per heavy atom. The predicted molar refractivity (Wildman–Crippen MR) is 132 cm³/mol. The quantitative estimate of drug-likeness (QED) is 0.441. The lowest BCUT2D eigenvalue weighted by molar-refractivity contribution is 0.0945. The van der Waals surface area contributed by atoms with Crippen molar-refractivity contribution < 1.29 is 19.0 Å². The van der Waals surface area contributed by atoms with Crippen molar-refractivity contribution in [2.75, 3.05) is 45.4 Å². The second-order valence-corrected chi connectivity index (χ2v) is 8.15. The zero-order chi connectivity index (χ0) is 24.2. The molecule has 1 fully saturated rings. The lowest BCUT2D eigenvalue weighted by atomic mass is 10.1. The fourth-order valence-corrected chi connectivity index (χ4v) is 4.14. The van der Waals surface area contributed by atoms with E-state index in [2.05, 4.69) is 32.4 Å². The van der Waals surface area contributed by atoms with Crippen LogP contribution in [-0.2, 0) is 11.3 Å². The SMILES string of the molecule is COc1ccc(-c2ccnc3cc(C(=O)NCc4ccc(N5CCOCC5)cc4)nn23)cc1OC. The van der Waals surface area contributed by atoms with Crippen molar-refractivity contribution in [1.29, 1.82) is 0 Å². The van der Waals surface area contributed by atoms with Gasteiger partial charge in [-0.15, -0.1) is 0 Å². The molecule has 0 radical (unpaired) electrons. The molecule has 9 heteroatoms. The Morgan fingerprint density at radius 1 is 1.00 bits per heavy atom. The van der Waals surface area contributed by atoms with Crippen molar-refractivity contribution in [3.63, 3.8) is 0 Å². The molecule has 35 heavy (non-hydrogen) atoms. The van der Waals surface area contributed by atoms with Gasteiger partial charge in [0.2, 0.25) is 0 Å². The number of carbonyl (C=O) groups is 1. The number of nitrogens with one attached hydrogen (secondary N) is 1. The molecule has 9 nitrogen and oxygen atoms in total. The van der Waals surface area contributed by atoms with Gasteiger partial charge in [-0.3, -0.25) is 4.79 Å². The summed E-state index contributed by atoms with van der Waals surface area (Å²) in [7, 11) is 3.19. The molecule has 3 heterocycles. The van der Waals surface area contributed by atoms with Crippen molar-refractivity contribution >= 4 is 17.2 Å². The van der Waals surface area contributed by atoms with Crippen LogP contribution in [0.4, 0.5) is 5.69 Å². The van der Waals surface area contributed by atoms with Crippen molar-refractivity contribution in [2.45, 2.75) is 6.54 Å². The maximum atomic E-state index is 12.9. The molecule has 180 valence electrons. The van der Waals surface area contributed by atoms with Gasteiger partial charge < -0.3 is 24.4 Å². The van der Waals surface area contributed by atoms with E-state index in [4.69, 9.17) is 14.2 Å². The average molecular weight is 474 g/mol. The third kappa shape index (κ3) is 4.76. The molecular formula is C26H27N5O4. The van der Waals surface area contributed by atoms with E-state index in [0.29, 0.717) is 29.4 Å². The van der Waals surface area contributed by atoms with Crippen LogP contribution in [0.1, 0.15) is 16.1 Å². The summed E-state index contributed by atoms with van der Waals surface area (Å²) >= 11 is 0. The second-order valence-electron chi connectivity index (χ2n) is 8.15. The van der Waals surface area contributed by atoms with E-state index in [-0.39, 0.29) is 5.91 Å². The molecule has 2 aromatic carbocycles. The van der Waals surface area contributed by atoms with Crippen LogP contribution in [0.25, 0.3) is 16.9 Å². The number of anilines is 1. The summed E-state index contributed by atoms with van der Waals surface area (Å²) in [4.78, 5) is 19.5. The highest BCUT2D eigenvalue weighted by atomic mass is 16.5. The molecule has 0 bridgehead atoms. The number of nitrogens with zero attached hydrogens (tertiary/aromatic N) is 4. The molecule has 1 saturated heterocycles. The molecule has 5 rings (SSSR count). The molecule has 0 atom stereocenters. The van der Waals surface area contributed by atoms with Crippen LogP contribution >= 0.6 is 0 Å². The first-order chi connectivity index (χ1) is 17.2. The molecule has 2 aromatic heterocycles. The van der Waals surface area contributed by atoms with E-state index in [1.807, 2.05) is 36.4 Å². The summed E-state index contributed by atoms with van der Waals surface area (Å²) in [5.41, 5.74) is 4.72. The molecule has 1 aliphatic heterocycles. The molecule has 0 aliphatic carbocycles. The third-order valence-electron chi connectivity index (χ3n) is 6.04. The van der Waals surface area contributed by atoms with Gasteiger partial charge in [-0.05, 0) is 42.0 Å². The molecule has 1 aliphatic rings. The van der Waals surface area contributed by atoms with Crippen LogP contribution in [0.5, 0.6) is 11.5 Å². The van der Waals surface area contributed by atoms with Gasteiger partial charge in [0, 0.05) is 43.1 Å². The van der Waals surface area contributed by atoms with Crippen molar-refractivity contribution in [3.05, 3.63) is 72.1 Å². The molecule has 1 N–H and O–H groups in total. The Morgan fingerprint density at radius 3 is 2.51 bits per heavy atom. The van der Waals surface area contributed by atoms with Gasteiger partial charge in [0.15, 0.2) is 22.8 Å². The van der Waals surface area contributed by atoms with Gasteiger partial charge in [0.25, 0.3) is 5.91 Å². The topological polar surface area (TPSA) is 90.2 Å². The van der Waals surface area contributed by atoms with Crippen LogP contribution in [0.3, 0.4) is 0 Å². The highest BCUT2D eigenvalue weighted by molar-refractivity contribution is 5.93. The summed E-state index contributed by atoms with van der Waals surface area (Å²) in [6.45, 7) is 3.69. The first kappa shape index (κ1) is 22.7. The van der Waals surface area contributed by atoms with Crippen LogP contribution in [0.2, 0.25) is 0 Å². The summed E-state index contributed by atoms with van der Waals surface area (Å²) in [5, 5.41) is 7.48. The van der Waals surface area contributed by atoms with Gasteiger partial charge in [-0.25, -0.2) is 9.50 Å². The first-order valence-electron chi connectivity index (χ1n) is 11.4. The number of hydrogen-bond donors (Lipinski definition) is 1. The standard InChI is InChI=1S/C26H27N5O4/c1-33-23-8-5-19(15-24(23)34-2)22-9-10-27-25-16-21(29-31(22)25)26(32)28-17-18-3-6-20(7-4-18)30-11-13-35-14-12-30/h3-10,15-16H,11-14,17H2,1-2H3,(H,28,32).